The van der Waals surface area contributed by atoms with Crippen molar-refractivity contribution in [2.75, 3.05) is 5.32 Å². The van der Waals surface area contributed by atoms with Crippen LogP contribution in [-0.4, -0.2) is 5.91 Å². The molecule has 1 N–H and O–H groups in total. The Bertz CT molecular complexity index is 843. The fourth-order valence-electron chi connectivity index (χ4n) is 2.34. The minimum absolute atomic E-state index is 0.258. The van der Waals surface area contributed by atoms with Crippen molar-refractivity contribution in [3.05, 3.63) is 89.7 Å². The molecule has 0 aromatic heterocycles. The van der Waals surface area contributed by atoms with Gasteiger partial charge in [0.25, 0.3) is 5.91 Å². The number of carbonyl (C=O) groups is 1. The van der Waals surface area contributed by atoms with E-state index in [1.165, 1.54) is 6.07 Å². The topological polar surface area (TPSA) is 29.1 Å². The van der Waals surface area contributed by atoms with E-state index < -0.39 is 0 Å². The molecular formula is C20H16FNO. The number of nitrogens with one attached hydrogen (secondary N) is 1. The largest absolute Gasteiger partial charge is 0.322 e. The van der Waals surface area contributed by atoms with Crippen molar-refractivity contribution in [1.29, 1.82) is 0 Å². The number of hydrogen-bond donors (Lipinski definition) is 1. The first-order valence-corrected chi connectivity index (χ1v) is 7.36. The van der Waals surface area contributed by atoms with Crippen LogP contribution < -0.4 is 5.32 Å². The fraction of sp³-hybridized carbons (Fsp3) is 0.0500. The van der Waals surface area contributed by atoms with Crippen LogP contribution in [-0.2, 0) is 0 Å². The standard InChI is InChI=1S/C20H16FNO/c1-14-10-11-18(13-19(14)21)22-20(23)17-9-5-8-16(12-17)15-6-3-2-4-7-15/h2-13H,1H3,(H,22,23). The van der Waals surface area contributed by atoms with Gasteiger partial charge in [0.1, 0.15) is 5.82 Å². The molecule has 0 saturated heterocycles. The number of carbonyl (C=O) groups excluding carboxylic acids is 1. The molecule has 0 saturated carbocycles. The van der Waals surface area contributed by atoms with E-state index in [-0.39, 0.29) is 11.7 Å². The average molecular weight is 305 g/mol. The van der Waals surface area contributed by atoms with Crippen LogP contribution in [0.2, 0.25) is 0 Å². The lowest BCUT2D eigenvalue weighted by atomic mass is 10.0. The molecule has 0 radical (unpaired) electrons. The maximum Gasteiger partial charge on any atom is 0.255 e. The molecule has 0 bridgehead atoms. The van der Waals surface area contributed by atoms with Crippen LogP contribution in [0.3, 0.4) is 0 Å². The van der Waals surface area contributed by atoms with E-state index >= 15 is 0 Å². The number of anilines is 1. The molecule has 23 heavy (non-hydrogen) atoms. The summed E-state index contributed by atoms with van der Waals surface area (Å²) in [5.74, 6) is -0.591. The molecule has 3 rings (SSSR count). The maximum atomic E-state index is 13.6. The van der Waals surface area contributed by atoms with Gasteiger partial charge in [-0.1, -0.05) is 48.5 Å². The zero-order valence-corrected chi connectivity index (χ0v) is 12.7. The summed E-state index contributed by atoms with van der Waals surface area (Å²) in [5, 5.41) is 2.73. The highest BCUT2D eigenvalue weighted by Gasteiger charge is 2.08. The van der Waals surface area contributed by atoms with Gasteiger partial charge in [-0.15, -0.1) is 0 Å². The minimum atomic E-state index is -0.333. The van der Waals surface area contributed by atoms with Gasteiger partial charge < -0.3 is 5.32 Å². The molecule has 0 fully saturated rings. The van der Waals surface area contributed by atoms with Gasteiger partial charge in [0.05, 0.1) is 0 Å². The molecule has 0 heterocycles. The Morgan fingerprint density at radius 1 is 0.870 bits per heavy atom. The number of amides is 1. The highest BCUT2D eigenvalue weighted by Crippen LogP contribution is 2.21. The first-order chi connectivity index (χ1) is 11.1. The maximum absolute atomic E-state index is 13.6. The van der Waals surface area contributed by atoms with E-state index in [9.17, 15) is 9.18 Å². The molecule has 0 atom stereocenters. The summed E-state index contributed by atoms with van der Waals surface area (Å²) in [6, 6.07) is 21.9. The van der Waals surface area contributed by atoms with Gasteiger partial charge in [-0.2, -0.15) is 0 Å². The Morgan fingerprint density at radius 2 is 1.61 bits per heavy atom. The summed E-state index contributed by atoms with van der Waals surface area (Å²) in [4.78, 5) is 12.4. The van der Waals surface area contributed by atoms with E-state index in [4.69, 9.17) is 0 Å². The van der Waals surface area contributed by atoms with Crippen molar-refractivity contribution in [2.45, 2.75) is 6.92 Å². The van der Waals surface area contributed by atoms with Gasteiger partial charge in [0.15, 0.2) is 0 Å². The third-order valence-electron chi connectivity index (χ3n) is 3.66. The predicted molar refractivity (Wildman–Crippen MR) is 91.0 cm³/mol. The van der Waals surface area contributed by atoms with E-state index in [0.717, 1.165) is 11.1 Å². The zero-order valence-electron chi connectivity index (χ0n) is 12.7. The zero-order chi connectivity index (χ0) is 16.2. The first-order valence-electron chi connectivity index (χ1n) is 7.36. The molecule has 0 spiro atoms. The van der Waals surface area contributed by atoms with Crippen molar-refractivity contribution in [2.24, 2.45) is 0 Å². The third-order valence-corrected chi connectivity index (χ3v) is 3.66. The highest BCUT2D eigenvalue weighted by molar-refractivity contribution is 6.05. The minimum Gasteiger partial charge on any atom is -0.322 e. The van der Waals surface area contributed by atoms with Gasteiger partial charge in [0.2, 0.25) is 0 Å². The lowest BCUT2D eigenvalue weighted by molar-refractivity contribution is 0.102. The van der Waals surface area contributed by atoms with Crippen LogP contribution in [0.1, 0.15) is 15.9 Å². The molecule has 1 amide bonds. The lowest BCUT2D eigenvalue weighted by Gasteiger charge is -2.08. The SMILES string of the molecule is Cc1ccc(NC(=O)c2cccc(-c3ccccc3)c2)cc1F. The fourth-order valence-corrected chi connectivity index (χ4v) is 2.34. The van der Waals surface area contributed by atoms with Crippen LogP contribution in [0, 0.1) is 12.7 Å². The van der Waals surface area contributed by atoms with Crippen molar-refractivity contribution >= 4 is 11.6 Å². The molecule has 0 unspecified atom stereocenters. The Balaban J connectivity index is 1.84. The molecule has 114 valence electrons. The number of benzene rings is 3. The average Bonchev–Trinajstić information content (AvgIpc) is 2.59. The third kappa shape index (κ3) is 3.46. The number of halogens is 1. The van der Waals surface area contributed by atoms with Crippen LogP contribution >= 0.6 is 0 Å². The highest BCUT2D eigenvalue weighted by atomic mass is 19.1. The molecule has 0 aliphatic carbocycles. The van der Waals surface area contributed by atoms with Crippen LogP contribution in [0.15, 0.2) is 72.8 Å². The number of rotatable bonds is 3. The summed E-state index contributed by atoms with van der Waals surface area (Å²) in [5.41, 5.74) is 3.54. The molecular weight excluding hydrogens is 289 g/mol. The summed E-state index contributed by atoms with van der Waals surface area (Å²) in [7, 11) is 0. The van der Waals surface area contributed by atoms with Crippen LogP contribution in [0.5, 0.6) is 0 Å². The number of hydrogen-bond acceptors (Lipinski definition) is 1. The quantitative estimate of drug-likeness (QED) is 0.720. The molecule has 2 nitrogen and oxygen atoms in total. The van der Waals surface area contributed by atoms with E-state index in [1.54, 1.807) is 25.1 Å². The Morgan fingerprint density at radius 3 is 2.35 bits per heavy atom. The Hall–Kier alpha value is -2.94. The van der Waals surface area contributed by atoms with Crippen LogP contribution in [0.25, 0.3) is 11.1 Å². The van der Waals surface area contributed by atoms with E-state index in [2.05, 4.69) is 5.32 Å². The Kier molecular flexibility index (Phi) is 4.20. The summed E-state index contributed by atoms with van der Waals surface area (Å²) in [6.45, 7) is 1.68. The van der Waals surface area contributed by atoms with Crippen molar-refractivity contribution < 1.29 is 9.18 Å². The van der Waals surface area contributed by atoms with Gasteiger partial charge >= 0.3 is 0 Å². The second-order valence-corrected chi connectivity index (χ2v) is 5.36. The summed E-state index contributed by atoms with van der Waals surface area (Å²) >= 11 is 0. The molecule has 3 aromatic carbocycles. The molecule has 0 aliphatic rings. The van der Waals surface area contributed by atoms with Gasteiger partial charge in [0, 0.05) is 11.3 Å². The molecule has 0 aliphatic heterocycles. The monoisotopic (exact) mass is 305 g/mol. The number of aryl methyl sites for hydroxylation is 1. The smallest absolute Gasteiger partial charge is 0.255 e. The molecule has 3 heteroatoms. The lowest BCUT2D eigenvalue weighted by Crippen LogP contribution is -2.12. The second kappa shape index (κ2) is 6.44. The summed E-state index contributed by atoms with van der Waals surface area (Å²) < 4.78 is 13.6. The Labute approximate surface area is 134 Å². The van der Waals surface area contributed by atoms with Crippen LogP contribution in [0.4, 0.5) is 10.1 Å². The van der Waals surface area contributed by atoms with Gasteiger partial charge in [-0.3, -0.25) is 4.79 Å². The summed E-state index contributed by atoms with van der Waals surface area (Å²) in [6.07, 6.45) is 0. The van der Waals surface area contributed by atoms with Crippen molar-refractivity contribution in [3.63, 3.8) is 0 Å². The van der Waals surface area contributed by atoms with E-state index in [0.29, 0.717) is 16.8 Å². The van der Waals surface area contributed by atoms with Gasteiger partial charge in [-0.05, 0) is 47.9 Å². The van der Waals surface area contributed by atoms with Crippen molar-refractivity contribution in [1.82, 2.24) is 0 Å². The van der Waals surface area contributed by atoms with Crippen molar-refractivity contribution in [3.8, 4) is 11.1 Å². The second-order valence-electron chi connectivity index (χ2n) is 5.36. The predicted octanol–water partition coefficient (Wildman–Crippen LogP) is 5.05. The first kappa shape index (κ1) is 15.0. The van der Waals surface area contributed by atoms with Gasteiger partial charge in [-0.25, -0.2) is 4.39 Å². The normalized spacial score (nSPS) is 10.3. The van der Waals surface area contributed by atoms with E-state index in [1.807, 2.05) is 48.5 Å². The molecule has 3 aromatic rings.